The van der Waals surface area contributed by atoms with Crippen LogP contribution in [0.2, 0.25) is 0 Å². The molecule has 0 aromatic rings. The van der Waals surface area contributed by atoms with Gasteiger partial charge in [-0.2, -0.15) is 0 Å². The molecule has 0 radical (unpaired) electrons. The minimum atomic E-state index is -1.50. The lowest BCUT2D eigenvalue weighted by atomic mass is 9.99. The summed E-state index contributed by atoms with van der Waals surface area (Å²) >= 11 is 0. The van der Waals surface area contributed by atoms with E-state index in [1.807, 2.05) is 13.0 Å². The Hall–Kier alpha value is -1.68. The fourth-order valence-corrected chi connectivity index (χ4v) is 2.33. The summed E-state index contributed by atoms with van der Waals surface area (Å²) in [7, 11) is 0. The minimum Gasteiger partial charge on any atom is -0.396 e. The van der Waals surface area contributed by atoms with E-state index < -0.39 is 43.4 Å². The Morgan fingerprint density at radius 2 is 1.89 bits per heavy atom. The zero-order valence-corrected chi connectivity index (χ0v) is 15.4. The Bertz CT molecular complexity index is 591. The first-order chi connectivity index (χ1) is 13.0. The molecule has 1 aliphatic heterocycles. The second kappa shape index (κ2) is 13.5. The van der Waals surface area contributed by atoms with Gasteiger partial charge < -0.3 is 35.0 Å². The van der Waals surface area contributed by atoms with Crippen LogP contribution in [-0.4, -0.2) is 75.6 Å². The molecule has 1 rings (SSSR count). The monoisotopic (exact) mass is 380 g/mol. The molecule has 7 heteroatoms. The second-order valence-electron chi connectivity index (χ2n) is 5.94. The van der Waals surface area contributed by atoms with E-state index >= 15 is 0 Å². The first kappa shape index (κ1) is 23.4. The molecule has 7 nitrogen and oxygen atoms in total. The van der Waals surface area contributed by atoms with Crippen molar-refractivity contribution < 1.29 is 35.0 Å². The molecule has 1 aliphatic rings. The molecule has 0 amide bonds. The molecule has 6 atom stereocenters. The molecule has 1 fully saturated rings. The summed E-state index contributed by atoms with van der Waals surface area (Å²) in [5.74, 6) is 10.9. The maximum Gasteiger partial charge on any atom is 0.187 e. The van der Waals surface area contributed by atoms with Crippen molar-refractivity contribution in [2.75, 3.05) is 13.2 Å². The van der Waals surface area contributed by atoms with Gasteiger partial charge in [0.25, 0.3) is 0 Å². The van der Waals surface area contributed by atoms with Gasteiger partial charge in [0.15, 0.2) is 6.29 Å². The van der Waals surface area contributed by atoms with E-state index in [4.69, 9.17) is 14.6 Å². The summed E-state index contributed by atoms with van der Waals surface area (Å²) < 4.78 is 11.1. The van der Waals surface area contributed by atoms with Crippen LogP contribution in [-0.2, 0) is 9.47 Å². The van der Waals surface area contributed by atoms with Crippen LogP contribution in [0.3, 0.4) is 0 Å². The maximum atomic E-state index is 10.1. The third-order valence-electron chi connectivity index (χ3n) is 3.81. The zero-order valence-electron chi connectivity index (χ0n) is 15.4. The molecule has 150 valence electrons. The van der Waals surface area contributed by atoms with Crippen LogP contribution in [0.1, 0.15) is 26.2 Å². The normalized spacial score (nSPS) is 29.2. The van der Waals surface area contributed by atoms with E-state index in [1.54, 1.807) is 18.2 Å². The van der Waals surface area contributed by atoms with Crippen molar-refractivity contribution in [1.29, 1.82) is 0 Å². The van der Waals surface area contributed by atoms with E-state index in [2.05, 4.69) is 23.7 Å². The molecule has 6 unspecified atom stereocenters. The SMILES string of the molecule is CC=CC#CC#CCC(C=CCCCO)OC1OC(CO)C(O)C(O)C1O. The standard InChI is InChI=1S/C20H28O7/c1-2-3-4-5-6-8-11-15(12-9-7-10-13-21)26-20-19(25)18(24)17(23)16(14-22)27-20/h2-3,9,12,15-25H,7,10-11,13-14H2,1H3. The highest BCUT2D eigenvalue weighted by atomic mass is 16.7. The number of ether oxygens (including phenoxy) is 2. The highest BCUT2D eigenvalue weighted by molar-refractivity contribution is 5.30. The van der Waals surface area contributed by atoms with Crippen molar-refractivity contribution in [2.24, 2.45) is 0 Å². The van der Waals surface area contributed by atoms with Crippen LogP contribution in [0.4, 0.5) is 0 Å². The highest BCUT2D eigenvalue weighted by Gasteiger charge is 2.44. The Morgan fingerprint density at radius 1 is 1.11 bits per heavy atom. The van der Waals surface area contributed by atoms with Gasteiger partial charge in [0.2, 0.25) is 0 Å². The summed E-state index contributed by atoms with van der Waals surface area (Å²) in [6.07, 6.45) is 1.26. The smallest absolute Gasteiger partial charge is 0.187 e. The lowest BCUT2D eigenvalue weighted by Crippen LogP contribution is -2.59. The third kappa shape index (κ3) is 8.25. The van der Waals surface area contributed by atoms with Gasteiger partial charge in [-0.05, 0) is 37.7 Å². The Balaban J connectivity index is 2.79. The van der Waals surface area contributed by atoms with Crippen molar-refractivity contribution in [3.8, 4) is 23.7 Å². The van der Waals surface area contributed by atoms with Crippen molar-refractivity contribution >= 4 is 0 Å². The molecule has 5 N–H and O–H groups in total. The van der Waals surface area contributed by atoms with Crippen molar-refractivity contribution in [2.45, 2.75) is 63.0 Å². The third-order valence-corrected chi connectivity index (χ3v) is 3.81. The summed E-state index contributed by atoms with van der Waals surface area (Å²) in [5.41, 5.74) is 0. The number of unbranched alkanes of at least 4 members (excludes halogenated alkanes) is 1. The minimum absolute atomic E-state index is 0.0723. The quantitative estimate of drug-likeness (QED) is 0.218. The molecule has 0 saturated carbocycles. The highest BCUT2D eigenvalue weighted by Crippen LogP contribution is 2.23. The summed E-state index contributed by atoms with van der Waals surface area (Å²) in [5, 5.41) is 47.9. The van der Waals surface area contributed by atoms with Gasteiger partial charge in [-0.25, -0.2) is 0 Å². The van der Waals surface area contributed by atoms with E-state index in [0.717, 1.165) is 0 Å². The molecular weight excluding hydrogens is 352 g/mol. The topological polar surface area (TPSA) is 120 Å². The van der Waals surface area contributed by atoms with Gasteiger partial charge in [0, 0.05) is 13.0 Å². The van der Waals surface area contributed by atoms with Crippen LogP contribution >= 0.6 is 0 Å². The van der Waals surface area contributed by atoms with Crippen LogP contribution in [0.25, 0.3) is 0 Å². The Kier molecular flexibility index (Phi) is 11.7. The predicted octanol–water partition coefficient (Wildman–Crippen LogP) is -0.527. The number of aliphatic hydroxyl groups is 5. The number of hydrogen-bond acceptors (Lipinski definition) is 7. The largest absolute Gasteiger partial charge is 0.396 e. The Labute approximate surface area is 159 Å². The molecule has 1 heterocycles. The number of aliphatic hydroxyl groups excluding tert-OH is 5. The van der Waals surface area contributed by atoms with E-state index in [0.29, 0.717) is 12.8 Å². The molecule has 0 aromatic heterocycles. The average molecular weight is 380 g/mol. The van der Waals surface area contributed by atoms with Gasteiger partial charge >= 0.3 is 0 Å². The second-order valence-corrected chi connectivity index (χ2v) is 5.94. The molecular formula is C20H28O7. The number of rotatable bonds is 8. The van der Waals surface area contributed by atoms with Crippen molar-refractivity contribution in [1.82, 2.24) is 0 Å². The lowest BCUT2D eigenvalue weighted by molar-refractivity contribution is -0.307. The van der Waals surface area contributed by atoms with E-state index in [-0.39, 0.29) is 13.0 Å². The number of allylic oxidation sites excluding steroid dienone is 3. The Morgan fingerprint density at radius 3 is 2.56 bits per heavy atom. The summed E-state index contributed by atoms with van der Waals surface area (Å²) in [4.78, 5) is 0. The first-order valence-electron chi connectivity index (χ1n) is 8.88. The molecule has 0 bridgehead atoms. The van der Waals surface area contributed by atoms with Gasteiger partial charge in [0.05, 0.1) is 12.7 Å². The molecule has 0 aliphatic carbocycles. The van der Waals surface area contributed by atoms with Crippen LogP contribution < -0.4 is 0 Å². The zero-order chi connectivity index (χ0) is 20.1. The van der Waals surface area contributed by atoms with Gasteiger partial charge in [0.1, 0.15) is 24.4 Å². The van der Waals surface area contributed by atoms with Crippen LogP contribution in [0.5, 0.6) is 0 Å². The van der Waals surface area contributed by atoms with E-state index in [1.165, 1.54) is 0 Å². The summed E-state index contributed by atoms with van der Waals surface area (Å²) in [6.45, 7) is 1.40. The van der Waals surface area contributed by atoms with Crippen molar-refractivity contribution in [3.63, 3.8) is 0 Å². The molecule has 1 saturated heterocycles. The van der Waals surface area contributed by atoms with Crippen molar-refractivity contribution in [3.05, 3.63) is 24.3 Å². The van der Waals surface area contributed by atoms with Crippen LogP contribution in [0.15, 0.2) is 24.3 Å². The average Bonchev–Trinajstić information content (AvgIpc) is 2.67. The van der Waals surface area contributed by atoms with Crippen LogP contribution in [0, 0.1) is 23.7 Å². The first-order valence-corrected chi connectivity index (χ1v) is 8.88. The fraction of sp³-hybridized carbons (Fsp3) is 0.600. The van der Waals surface area contributed by atoms with Gasteiger partial charge in [-0.1, -0.05) is 30.1 Å². The fourth-order valence-electron chi connectivity index (χ4n) is 2.33. The molecule has 27 heavy (non-hydrogen) atoms. The number of hydrogen-bond donors (Lipinski definition) is 5. The predicted molar refractivity (Wildman–Crippen MR) is 99.1 cm³/mol. The summed E-state index contributed by atoms with van der Waals surface area (Å²) in [6, 6.07) is 0. The van der Waals surface area contributed by atoms with Gasteiger partial charge in [-0.3, -0.25) is 0 Å². The molecule has 0 spiro atoms. The van der Waals surface area contributed by atoms with E-state index in [9.17, 15) is 20.4 Å². The molecule has 0 aromatic carbocycles. The maximum absolute atomic E-state index is 10.1. The van der Waals surface area contributed by atoms with Gasteiger partial charge in [-0.15, -0.1) is 0 Å². The lowest BCUT2D eigenvalue weighted by Gasteiger charge is -2.40.